The van der Waals surface area contributed by atoms with Crippen LogP contribution in [0.2, 0.25) is 0 Å². The highest BCUT2D eigenvalue weighted by Gasteiger charge is 2.31. The standard InChI is InChI=1S/C20H28N4O/c25-20(11-10-19-21-17-8-4-5-9-18(17)22-19)24-14-12-23(13-15-24)16-6-2-1-3-7-16/h1-3,6-7,17-18H,4-5,8-15H2,(H,21,22)/t17-,18+. The number of piperazine rings is 1. The van der Waals surface area contributed by atoms with Gasteiger partial charge in [0.25, 0.3) is 0 Å². The number of carbonyl (C=O) groups excluding carboxylic acids is 1. The van der Waals surface area contributed by atoms with Gasteiger partial charge < -0.3 is 15.1 Å². The number of anilines is 1. The second-order valence-corrected chi connectivity index (χ2v) is 7.38. The van der Waals surface area contributed by atoms with E-state index in [-0.39, 0.29) is 5.91 Å². The van der Waals surface area contributed by atoms with Crippen LogP contribution in [0.5, 0.6) is 0 Å². The van der Waals surface area contributed by atoms with Crippen LogP contribution in [0.4, 0.5) is 5.69 Å². The predicted molar refractivity (Wildman–Crippen MR) is 101 cm³/mol. The molecular formula is C20H28N4O. The molecule has 25 heavy (non-hydrogen) atoms. The molecule has 0 bridgehead atoms. The van der Waals surface area contributed by atoms with E-state index in [1.807, 2.05) is 11.0 Å². The van der Waals surface area contributed by atoms with Gasteiger partial charge >= 0.3 is 0 Å². The maximum Gasteiger partial charge on any atom is 0.223 e. The SMILES string of the molecule is O=C(CCC1=N[C@@H]2CCCC[C@@H]2N1)N1CCN(c2ccccc2)CC1. The number of rotatable bonds is 4. The molecule has 1 amide bonds. The number of nitrogens with one attached hydrogen (secondary N) is 1. The Labute approximate surface area is 150 Å². The number of para-hydroxylation sites is 1. The highest BCUT2D eigenvalue weighted by molar-refractivity contribution is 5.88. The van der Waals surface area contributed by atoms with Crippen molar-refractivity contribution in [2.24, 2.45) is 4.99 Å². The van der Waals surface area contributed by atoms with Crippen molar-refractivity contribution in [2.45, 2.75) is 50.6 Å². The molecule has 0 aromatic heterocycles. The Morgan fingerprint density at radius 3 is 2.60 bits per heavy atom. The van der Waals surface area contributed by atoms with E-state index in [2.05, 4.69) is 34.5 Å². The van der Waals surface area contributed by atoms with E-state index in [1.165, 1.54) is 31.4 Å². The van der Waals surface area contributed by atoms with Crippen molar-refractivity contribution >= 4 is 17.4 Å². The zero-order chi connectivity index (χ0) is 17.1. The van der Waals surface area contributed by atoms with Gasteiger partial charge in [0, 0.05) is 50.7 Å². The molecule has 4 rings (SSSR count). The second kappa shape index (κ2) is 7.46. The zero-order valence-corrected chi connectivity index (χ0v) is 14.9. The van der Waals surface area contributed by atoms with Gasteiger partial charge in [0.15, 0.2) is 0 Å². The molecule has 0 radical (unpaired) electrons. The predicted octanol–water partition coefficient (Wildman–Crippen LogP) is 2.43. The van der Waals surface area contributed by atoms with Gasteiger partial charge in [-0.1, -0.05) is 31.0 Å². The normalized spacial score (nSPS) is 26.0. The first-order valence-corrected chi connectivity index (χ1v) is 9.70. The smallest absolute Gasteiger partial charge is 0.223 e. The minimum Gasteiger partial charge on any atom is -0.369 e. The maximum atomic E-state index is 12.5. The van der Waals surface area contributed by atoms with Crippen LogP contribution in [-0.2, 0) is 4.79 Å². The van der Waals surface area contributed by atoms with Crippen LogP contribution < -0.4 is 10.2 Å². The van der Waals surface area contributed by atoms with E-state index in [4.69, 9.17) is 4.99 Å². The first-order valence-electron chi connectivity index (χ1n) is 9.70. The molecular weight excluding hydrogens is 312 g/mol. The van der Waals surface area contributed by atoms with E-state index >= 15 is 0 Å². The average molecular weight is 340 g/mol. The maximum absolute atomic E-state index is 12.5. The molecule has 1 saturated carbocycles. The van der Waals surface area contributed by atoms with Crippen LogP contribution in [0, 0.1) is 0 Å². The summed E-state index contributed by atoms with van der Waals surface area (Å²) in [4.78, 5) is 21.7. The first-order chi connectivity index (χ1) is 12.3. The molecule has 2 aliphatic heterocycles. The van der Waals surface area contributed by atoms with Gasteiger partial charge in [0.05, 0.1) is 11.9 Å². The van der Waals surface area contributed by atoms with E-state index in [9.17, 15) is 4.79 Å². The molecule has 3 aliphatic rings. The van der Waals surface area contributed by atoms with Crippen molar-refractivity contribution in [1.29, 1.82) is 0 Å². The van der Waals surface area contributed by atoms with Crippen molar-refractivity contribution < 1.29 is 4.79 Å². The van der Waals surface area contributed by atoms with Crippen molar-refractivity contribution in [3.63, 3.8) is 0 Å². The highest BCUT2D eigenvalue weighted by atomic mass is 16.2. The summed E-state index contributed by atoms with van der Waals surface area (Å²) in [5.41, 5.74) is 1.25. The van der Waals surface area contributed by atoms with Crippen LogP contribution >= 0.6 is 0 Å². The molecule has 1 aromatic carbocycles. The highest BCUT2D eigenvalue weighted by Crippen LogP contribution is 2.25. The number of nitrogens with zero attached hydrogens (tertiary/aromatic N) is 3. The van der Waals surface area contributed by atoms with Gasteiger partial charge in [0.1, 0.15) is 0 Å². The van der Waals surface area contributed by atoms with Crippen molar-refractivity contribution in [3.8, 4) is 0 Å². The lowest BCUT2D eigenvalue weighted by Gasteiger charge is -2.36. The third-order valence-corrected chi connectivity index (χ3v) is 5.73. The van der Waals surface area contributed by atoms with Gasteiger partial charge in [-0.3, -0.25) is 9.79 Å². The Hall–Kier alpha value is -2.04. The molecule has 1 N–H and O–H groups in total. The van der Waals surface area contributed by atoms with E-state index in [0.717, 1.165) is 38.4 Å². The Balaban J connectivity index is 1.23. The Kier molecular flexibility index (Phi) is 4.90. The van der Waals surface area contributed by atoms with E-state index < -0.39 is 0 Å². The molecule has 1 aromatic rings. The minimum atomic E-state index is 0.270. The first kappa shape index (κ1) is 16.4. The quantitative estimate of drug-likeness (QED) is 0.916. The number of carbonyl (C=O) groups is 1. The number of amidine groups is 1. The monoisotopic (exact) mass is 340 g/mol. The summed E-state index contributed by atoms with van der Waals surface area (Å²) in [5.74, 6) is 1.33. The van der Waals surface area contributed by atoms with Gasteiger partial charge in [-0.25, -0.2) is 0 Å². The number of hydrogen-bond acceptors (Lipinski definition) is 4. The lowest BCUT2D eigenvalue weighted by Crippen LogP contribution is -2.49. The summed E-state index contributed by atoms with van der Waals surface area (Å²) in [6.07, 6.45) is 6.39. The average Bonchev–Trinajstić information content (AvgIpc) is 3.10. The Morgan fingerprint density at radius 1 is 1.08 bits per heavy atom. The molecule has 2 fully saturated rings. The van der Waals surface area contributed by atoms with Gasteiger partial charge in [-0.15, -0.1) is 0 Å². The lowest BCUT2D eigenvalue weighted by atomic mass is 9.92. The number of aliphatic imine (C=N–C) groups is 1. The molecule has 2 heterocycles. The fourth-order valence-corrected chi connectivity index (χ4v) is 4.26. The fourth-order valence-electron chi connectivity index (χ4n) is 4.26. The van der Waals surface area contributed by atoms with Crippen molar-refractivity contribution in [2.75, 3.05) is 31.1 Å². The summed E-state index contributed by atoms with van der Waals surface area (Å²) >= 11 is 0. The third-order valence-electron chi connectivity index (χ3n) is 5.73. The van der Waals surface area contributed by atoms with Crippen LogP contribution in [0.25, 0.3) is 0 Å². The van der Waals surface area contributed by atoms with Crippen molar-refractivity contribution in [3.05, 3.63) is 30.3 Å². The molecule has 0 unspecified atom stereocenters. The topological polar surface area (TPSA) is 47.9 Å². The van der Waals surface area contributed by atoms with E-state index in [1.54, 1.807) is 0 Å². The number of benzene rings is 1. The minimum absolute atomic E-state index is 0.270. The summed E-state index contributed by atoms with van der Waals surface area (Å²) < 4.78 is 0. The molecule has 5 heteroatoms. The van der Waals surface area contributed by atoms with Gasteiger partial charge in [-0.05, 0) is 25.0 Å². The molecule has 2 atom stereocenters. The largest absolute Gasteiger partial charge is 0.369 e. The van der Waals surface area contributed by atoms with E-state index in [0.29, 0.717) is 18.5 Å². The number of fused-ring (bicyclic) bond motifs is 1. The van der Waals surface area contributed by atoms with Gasteiger partial charge in [0.2, 0.25) is 5.91 Å². The summed E-state index contributed by atoms with van der Waals surface area (Å²) in [6.45, 7) is 3.47. The summed E-state index contributed by atoms with van der Waals surface area (Å²) in [6, 6.07) is 11.5. The van der Waals surface area contributed by atoms with Crippen LogP contribution in [0.3, 0.4) is 0 Å². The number of amides is 1. The Morgan fingerprint density at radius 2 is 1.84 bits per heavy atom. The molecule has 1 saturated heterocycles. The van der Waals surface area contributed by atoms with Gasteiger partial charge in [-0.2, -0.15) is 0 Å². The summed E-state index contributed by atoms with van der Waals surface area (Å²) in [7, 11) is 0. The molecule has 134 valence electrons. The lowest BCUT2D eigenvalue weighted by molar-refractivity contribution is -0.131. The fraction of sp³-hybridized carbons (Fsp3) is 0.600. The summed E-state index contributed by atoms with van der Waals surface area (Å²) in [5, 5.41) is 3.55. The molecule has 5 nitrogen and oxygen atoms in total. The third kappa shape index (κ3) is 3.80. The van der Waals surface area contributed by atoms with Crippen molar-refractivity contribution in [1.82, 2.24) is 10.2 Å². The molecule has 0 spiro atoms. The Bertz CT molecular complexity index is 622. The van der Waals surface area contributed by atoms with Crippen LogP contribution in [0.15, 0.2) is 35.3 Å². The molecule has 1 aliphatic carbocycles. The van der Waals surface area contributed by atoms with Crippen LogP contribution in [-0.4, -0.2) is 54.9 Å². The number of hydrogen-bond donors (Lipinski definition) is 1. The zero-order valence-electron chi connectivity index (χ0n) is 14.9. The second-order valence-electron chi connectivity index (χ2n) is 7.38. The van der Waals surface area contributed by atoms with Crippen LogP contribution in [0.1, 0.15) is 38.5 Å².